The number of benzene rings is 1. The Labute approximate surface area is 112 Å². The van der Waals surface area contributed by atoms with Gasteiger partial charge in [0, 0.05) is 17.1 Å². The molecule has 1 unspecified atom stereocenters. The highest BCUT2D eigenvalue weighted by Gasteiger charge is 2.10. The quantitative estimate of drug-likeness (QED) is 0.891. The molecule has 0 aliphatic heterocycles. The molecule has 0 amide bonds. The van der Waals surface area contributed by atoms with Gasteiger partial charge in [0.1, 0.15) is 0 Å². The van der Waals surface area contributed by atoms with Gasteiger partial charge in [-0.2, -0.15) is 0 Å². The van der Waals surface area contributed by atoms with Gasteiger partial charge in [0.25, 0.3) is 0 Å². The first-order valence-electron chi connectivity index (χ1n) is 6.10. The summed E-state index contributed by atoms with van der Waals surface area (Å²) in [6.07, 6.45) is 1.01. The molecule has 0 bridgehead atoms. The lowest BCUT2D eigenvalue weighted by molar-refractivity contribution is 0.359. The van der Waals surface area contributed by atoms with Gasteiger partial charge < -0.3 is 9.84 Å². The van der Waals surface area contributed by atoms with Crippen molar-refractivity contribution in [3.8, 4) is 0 Å². The molecule has 0 saturated heterocycles. The molecule has 1 atom stereocenters. The van der Waals surface area contributed by atoms with Crippen molar-refractivity contribution in [2.75, 3.05) is 0 Å². The lowest BCUT2D eigenvalue weighted by atomic mass is 10.0. The van der Waals surface area contributed by atoms with Crippen molar-refractivity contribution in [3.05, 3.63) is 52.4 Å². The Morgan fingerprint density at radius 2 is 2.06 bits per heavy atom. The zero-order chi connectivity index (χ0) is 13.0. The molecule has 0 aliphatic carbocycles. The second-order valence-corrected chi connectivity index (χ2v) is 4.76. The number of hydrogen-bond acceptors (Lipinski definition) is 3. The molecule has 0 spiro atoms. The van der Waals surface area contributed by atoms with Crippen molar-refractivity contribution in [2.45, 2.75) is 32.9 Å². The molecular formula is C14H17ClN2O. The average molecular weight is 265 g/mol. The topological polar surface area (TPSA) is 38.1 Å². The fraction of sp³-hybridized carbons (Fsp3) is 0.357. The smallest absolute Gasteiger partial charge is 0.150 e. The van der Waals surface area contributed by atoms with Crippen LogP contribution in [0.1, 0.15) is 36.4 Å². The SMILES string of the molecule is CCC(NCc1cc(C)no1)c1ccc(Cl)cc1. The van der Waals surface area contributed by atoms with Gasteiger partial charge in [0.2, 0.25) is 0 Å². The van der Waals surface area contributed by atoms with Gasteiger partial charge in [0.15, 0.2) is 5.76 Å². The van der Waals surface area contributed by atoms with E-state index < -0.39 is 0 Å². The number of nitrogens with zero attached hydrogens (tertiary/aromatic N) is 1. The van der Waals surface area contributed by atoms with E-state index in [1.54, 1.807) is 0 Å². The summed E-state index contributed by atoms with van der Waals surface area (Å²) >= 11 is 5.89. The maximum atomic E-state index is 5.89. The van der Waals surface area contributed by atoms with E-state index in [0.29, 0.717) is 12.6 Å². The van der Waals surface area contributed by atoms with Crippen LogP contribution in [0.25, 0.3) is 0 Å². The highest BCUT2D eigenvalue weighted by atomic mass is 35.5. The number of halogens is 1. The van der Waals surface area contributed by atoms with Crippen LogP contribution in [0.3, 0.4) is 0 Å². The van der Waals surface area contributed by atoms with Crippen molar-refractivity contribution in [1.29, 1.82) is 0 Å². The van der Waals surface area contributed by atoms with E-state index in [1.807, 2.05) is 25.1 Å². The summed E-state index contributed by atoms with van der Waals surface area (Å²) in [6, 6.07) is 10.2. The molecule has 1 aromatic heterocycles. The molecule has 4 heteroatoms. The van der Waals surface area contributed by atoms with Crippen LogP contribution in [0, 0.1) is 6.92 Å². The Morgan fingerprint density at radius 1 is 1.33 bits per heavy atom. The van der Waals surface area contributed by atoms with E-state index in [1.165, 1.54) is 5.56 Å². The van der Waals surface area contributed by atoms with Crippen molar-refractivity contribution < 1.29 is 4.52 Å². The van der Waals surface area contributed by atoms with Crippen LogP contribution in [0.5, 0.6) is 0 Å². The standard InChI is InChI=1S/C14H17ClN2O/c1-3-14(11-4-6-12(15)7-5-11)16-9-13-8-10(2)17-18-13/h4-8,14,16H,3,9H2,1-2H3. The predicted octanol–water partition coefficient (Wildman–Crippen LogP) is 3.88. The van der Waals surface area contributed by atoms with E-state index in [2.05, 4.69) is 29.5 Å². The first-order valence-corrected chi connectivity index (χ1v) is 6.48. The zero-order valence-corrected chi connectivity index (χ0v) is 11.4. The normalized spacial score (nSPS) is 12.6. The largest absolute Gasteiger partial charge is 0.360 e. The van der Waals surface area contributed by atoms with Gasteiger partial charge in [-0.25, -0.2) is 0 Å². The van der Waals surface area contributed by atoms with Crippen molar-refractivity contribution in [3.63, 3.8) is 0 Å². The van der Waals surface area contributed by atoms with E-state index >= 15 is 0 Å². The molecule has 18 heavy (non-hydrogen) atoms. The molecule has 0 saturated carbocycles. The number of nitrogens with one attached hydrogen (secondary N) is 1. The third-order valence-corrected chi connectivity index (χ3v) is 3.13. The molecule has 2 rings (SSSR count). The highest BCUT2D eigenvalue weighted by molar-refractivity contribution is 6.30. The van der Waals surface area contributed by atoms with Crippen LogP contribution >= 0.6 is 11.6 Å². The molecule has 2 aromatic rings. The Balaban J connectivity index is 1.99. The molecule has 3 nitrogen and oxygen atoms in total. The van der Waals surface area contributed by atoms with E-state index in [9.17, 15) is 0 Å². The Bertz CT molecular complexity index is 493. The van der Waals surface area contributed by atoms with Crippen molar-refractivity contribution in [1.82, 2.24) is 10.5 Å². The minimum Gasteiger partial charge on any atom is -0.360 e. The molecule has 1 heterocycles. The third-order valence-electron chi connectivity index (χ3n) is 2.88. The molecule has 1 aromatic carbocycles. The summed E-state index contributed by atoms with van der Waals surface area (Å²) in [4.78, 5) is 0. The minimum atomic E-state index is 0.299. The van der Waals surface area contributed by atoms with Crippen LogP contribution in [0.4, 0.5) is 0 Å². The summed E-state index contributed by atoms with van der Waals surface area (Å²) in [7, 11) is 0. The number of rotatable bonds is 5. The van der Waals surface area contributed by atoms with E-state index in [-0.39, 0.29) is 0 Å². The van der Waals surface area contributed by atoms with Crippen LogP contribution in [-0.4, -0.2) is 5.16 Å². The van der Waals surface area contributed by atoms with Gasteiger partial charge in [-0.05, 0) is 31.0 Å². The predicted molar refractivity (Wildman–Crippen MR) is 72.6 cm³/mol. The number of aryl methyl sites for hydroxylation is 1. The second kappa shape index (κ2) is 6.03. The number of hydrogen-bond donors (Lipinski definition) is 1. The third kappa shape index (κ3) is 3.34. The molecule has 96 valence electrons. The highest BCUT2D eigenvalue weighted by Crippen LogP contribution is 2.19. The van der Waals surface area contributed by atoms with Gasteiger partial charge in [0.05, 0.1) is 12.2 Å². The van der Waals surface area contributed by atoms with Crippen molar-refractivity contribution in [2.24, 2.45) is 0 Å². The minimum absolute atomic E-state index is 0.299. The average Bonchev–Trinajstić information content (AvgIpc) is 2.78. The number of aromatic nitrogens is 1. The summed E-state index contributed by atoms with van der Waals surface area (Å²) in [6.45, 7) is 4.75. The molecule has 0 aliphatic rings. The second-order valence-electron chi connectivity index (χ2n) is 4.33. The van der Waals surface area contributed by atoms with Gasteiger partial charge >= 0.3 is 0 Å². The Hall–Kier alpha value is -1.32. The van der Waals surface area contributed by atoms with E-state index in [4.69, 9.17) is 16.1 Å². The maximum Gasteiger partial charge on any atom is 0.150 e. The van der Waals surface area contributed by atoms with Gasteiger partial charge in [-0.3, -0.25) is 0 Å². The lowest BCUT2D eigenvalue weighted by Crippen LogP contribution is -2.19. The van der Waals surface area contributed by atoms with Gasteiger partial charge in [-0.15, -0.1) is 0 Å². The zero-order valence-electron chi connectivity index (χ0n) is 10.6. The molecular weight excluding hydrogens is 248 g/mol. The molecule has 0 radical (unpaired) electrons. The maximum absolute atomic E-state index is 5.89. The summed E-state index contributed by atoms with van der Waals surface area (Å²) in [5.74, 6) is 0.861. The summed E-state index contributed by atoms with van der Waals surface area (Å²) in [5, 5.41) is 8.09. The first kappa shape index (κ1) is 13.1. The van der Waals surface area contributed by atoms with Crippen molar-refractivity contribution >= 4 is 11.6 Å². The van der Waals surface area contributed by atoms with Crippen LogP contribution in [0.2, 0.25) is 5.02 Å². The van der Waals surface area contributed by atoms with E-state index in [0.717, 1.165) is 22.9 Å². The van der Waals surface area contributed by atoms with Crippen LogP contribution < -0.4 is 5.32 Å². The fourth-order valence-electron chi connectivity index (χ4n) is 1.92. The van der Waals surface area contributed by atoms with Crippen LogP contribution in [0.15, 0.2) is 34.9 Å². The molecule has 1 N–H and O–H groups in total. The van der Waals surface area contributed by atoms with Crippen LogP contribution in [-0.2, 0) is 6.54 Å². The Morgan fingerprint density at radius 3 is 2.61 bits per heavy atom. The summed E-state index contributed by atoms with van der Waals surface area (Å²) in [5.41, 5.74) is 2.14. The fourth-order valence-corrected chi connectivity index (χ4v) is 2.04. The Kier molecular flexibility index (Phi) is 4.39. The molecule has 0 fully saturated rings. The van der Waals surface area contributed by atoms with Gasteiger partial charge in [-0.1, -0.05) is 35.8 Å². The summed E-state index contributed by atoms with van der Waals surface area (Å²) < 4.78 is 5.18. The lowest BCUT2D eigenvalue weighted by Gasteiger charge is -2.16. The monoisotopic (exact) mass is 264 g/mol. The first-order chi connectivity index (χ1) is 8.69.